The van der Waals surface area contributed by atoms with Crippen LogP contribution in [0.1, 0.15) is 81.8 Å². The number of fused-ring (bicyclic) bond motifs is 2. The number of rotatable bonds is 14. The van der Waals surface area contributed by atoms with E-state index >= 15 is 0 Å². The van der Waals surface area contributed by atoms with Gasteiger partial charge in [-0.15, -0.1) is 0 Å². The molecule has 2 heterocycles. The number of unbranched alkanes of at least 4 members (excludes halogenated alkanes) is 10. The van der Waals surface area contributed by atoms with Crippen molar-refractivity contribution in [3.63, 3.8) is 0 Å². The highest BCUT2D eigenvalue weighted by Gasteiger charge is 2.13. The molecule has 0 radical (unpaired) electrons. The van der Waals surface area contributed by atoms with Crippen molar-refractivity contribution >= 4 is 0 Å². The molecule has 0 atom stereocenters. The third-order valence-corrected chi connectivity index (χ3v) is 6.30. The van der Waals surface area contributed by atoms with Gasteiger partial charge < -0.3 is 18.9 Å². The van der Waals surface area contributed by atoms with Crippen LogP contribution in [0.2, 0.25) is 0 Å². The predicted octanol–water partition coefficient (Wildman–Crippen LogP) is 7.22. The van der Waals surface area contributed by atoms with Gasteiger partial charge in [-0.1, -0.05) is 69.9 Å². The fourth-order valence-corrected chi connectivity index (χ4v) is 4.44. The normalized spacial score (nSPS) is 13.7. The van der Waals surface area contributed by atoms with Crippen molar-refractivity contribution < 1.29 is 18.9 Å². The van der Waals surface area contributed by atoms with E-state index in [1.165, 1.54) is 81.8 Å². The molecule has 0 N–H and O–H groups in total. The second kappa shape index (κ2) is 11.9. The maximum atomic E-state index is 5.46. The van der Waals surface area contributed by atoms with Gasteiger partial charge in [0.05, 0.1) is 0 Å². The van der Waals surface area contributed by atoms with Crippen LogP contribution in [-0.4, -0.2) is 13.6 Å². The molecule has 2 aliphatic heterocycles. The molecule has 2 aliphatic rings. The van der Waals surface area contributed by atoms with Crippen molar-refractivity contribution in [2.45, 2.75) is 83.5 Å². The van der Waals surface area contributed by atoms with Gasteiger partial charge in [-0.2, -0.15) is 0 Å². The molecule has 2 aromatic carbocycles. The summed E-state index contributed by atoms with van der Waals surface area (Å²) >= 11 is 0. The lowest BCUT2D eigenvalue weighted by Gasteiger charge is -2.05. The summed E-state index contributed by atoms with van der Waals surface area (Å²) in [6.45, 7) is 0.722. The number of hydrogen-bond donors (Lipinski definition) is 0. The third-order valence-electron chi connectivity index (χ3n) is 6.30. The van der Waals surface area contributed by atoms with Crippen LogP contribution in [-0.2, 0) is 12.8 Å². The van der Waals surface area contributed by atoms with Crippen LogP contribution in [0.25, 0.3) is 0 Å². The van der Waals surface area contributed by atoms with E-state index in [1.807, 2.05) is 12.1 Å². The van der Waals surface area contributed by atoms with Crippen molar-refractivity contribution in [2.24, 2.45) is 0 Å². The van der Waals surface area contributed by atoms with Crippen LogP contribution in [0, 0.1) is 0 Å². The van der Waals surface area contributed by atoms with Gasteiger partial charge >= 0.3 is 0 Å². The minimum absolute atomic E-state index is 0.361. The monoisotopic (exact) mass is 424 g/mol. The molecule has 4 heteroatoms. The lowest BCUT2D eigenvalue weighted by Crippen LogP contribution is -1.93. The zero-order valence-corrected chi connectivity index (χ0v) is 18.7. The summed E-state index contributed by atoms with van der Waals surface area (Å²) in [7, 11) is 0. The summed E-state index contributed by atoms with van der Waals surface area (Å²) in [6, 6.07) is 12.7. The average molecular weight is 425 g/mol. The maximum Gasteiger partial charge on any atom is 0.231 e. The molecule has 4 rings (SSSR count). The summed E-state index contributed by atoms with van der Waals surface area (Å²) in [5, 5.41) is 0. The summed E-state index contributed by atoms with van der Waals surface area (Å²) in [4.78, 5) is 0. The fourth-order valence-electron chi connectivity index (χ4n) is 4.44. The minimum atomic E-state index is 0.361. The largest absolute Gasteiger partial charge is 0.454 e. The summed E-state index contributed by atoms with van der Waals surface area (Å²) in [5.41, 5.74) is 2.73. The Bertz CT molecular complexity index is 749. The van der Waals surface area contributed by atoms with E-state index in [0.717, 1.165) is 35.8 Å². The Morgan fingerprint density at radius 2 is 0.774 bits per heavy atom. The Hall–Kier alpha value is -2.36. The fraction of sp³-hybridized carbons (Fsp3) is 0.556. The molecule has 0 saturated carbocycles. The van der Waals surface area contributed by atoms with Crippen LogP contribution in [0.5, 0.6) is 23.0 Å². The van der Waals surface area contributed by atoms with Crippen LogP contribution in [0.3, 0.4) is 0 Å². The van der Waals surface area contributed by atoms with Crippen molar-refractivity contribution in [3.8, 4) is 23.0 Å². The molecular weight excluding hydrogens is 388 g/mol. The highest BCUT2D eigenvalue weighted by Crippen LogP contribution is 2.33. The molecule has 0 aliphatic carbocycles. The Morgan fingerprint density at radius 3 is 1.19 bits per heavy atom. The number of ether oxygens (including phenoxy) is 4. The van der Waals surface area contributed by atoms with Crippen molar-refractivity contribution in [1.82, 2.24) is 0 Å². The second-order valence-corrected chi connectivity index (χ2v) is 8.76. The lowest BCUT2D eigenvalue weighted by atomic mass is 10.0. The molecule has 31 heavy (non-hydrogen) atoms. The van der Waals surface area contributed by atoms with Crippen molar-refractivity contribution in [1.29, 1.82) is 0 Å². The number of benzene rings is 2. The predicted molar refractivity (Wildman–Crippen MR) is 123 cm³/mol. The Labute approximate surface area is 186 Å². The first-order valence-electron chi connectivity index (χ1n) is 12.2. The van der Waals surface area contributed by atoms with Gasteiger partial charge in [0.15, 0.2) is 23.0 Å². The van der Waals surface area contributed by atoms with Gasteiger partial charge in [-0.3, -0.25) is 0 Å². The summed E-state index contributed by atoms with van der Waals surface area (Å²) in [6.07, 6.45) is 17.1. The first kappa shape index (κ1) is 21.9. The molecule has 4 nitrogen and oxygen atoms in total. The van der Waals surface area contributed by atoms with E-state index in [9.17, 15) is 0 Å². The van der Waals surface area contributed by atoms with Gasteiger partial charge in [0.1, 0.15) is 0 Å². The van der Waals surface area contributed by atoms with E-state index in [1.54, 1.807) is 0 Å². The molecule has 0 amide bonds. The molecule has 0 fully saturated rings. The summed E-state index contributed by atoms with van der Waals surface area (Å²) in [5.74, 6) is 3.58. The SMILES string of the molecule is c1cc2c(cc1CCCCCCCCCCCCCc1ccc3c(c1)OCO3)OCO2. The average Bonchev–Trinajstić information content (AvgIpc) is 3.45. The maximum absolute atomic E-state index is 5.46. The molecular formula is C27H36O4. The van der Waals surface area contributed by atoms with Crippen LogP contribution >= 0.6 is 0 Å². The summed E-state index contributed by atoms with van der Waals surface area (Å²) < 4.78 is 21.7. The highest BCUT2D eigenvalue weighted by atomic mass is 16.7. The van der Waals surface area contributed by atoms with E-state index in [0.29, 0.717) is 13.6 Å². The zero-order chi connectivity index (χ0) is 21.1. The van der Waals surface area contributed by atoms with Gasteiger partial charge in [-0.05, 0) is 61.1 Å². The van der Waals surface area contributed by atoms with E-state index in [2.05, 4.69) is 24.3 Å². The van der Waals surface area contributed by atoms with Crippen molar-refractivity contribution in [3.05, 3.63) is 47.5 Å². The standard InChI is InChI=1S/C27H36O4/c1(2-4-6-8-10-12-22-14-16-24-26(18-22)30-20-28-24)3-5-7-9-11-13-23-15-17-25-27(19-23)31-21-29-25/h14-19H,1-13,20-21H2. The molecule has 168 valence electrons. The van der Waals surface area contributed by atoms with Gasteiger partial charge in [0, 0.05) is 0 Å². The van der Waals surface area contributed by atoms with Crippen LogP contribution < -0.4 is 18.9 Å². The molecule has 0 unspecified atom stereocenters. The zero-order valence-electron chi connectivity index (χ0n) is 18.7. The van der Waals surface area contributed by atoms with E-state index in [4.69, 9.17) is 18.9 Å². The first-order valence-corrected chi connectivity index (χ1v) is 12.2. The molecule has 0 bridgehead atoms. The van der Waals surface area contributed by atoms with E-state index < -0.39 is 0 Å². The third kappa shape index (κ3) is 6.81. The van der Waals surface area contributed by atoms with E-state index in [-0.39, 0.29) is 0 Å². The second-order valence-electron chi connectivity index (χ2n) is 8.76. The topological polar surface area (TPSA) is 36.9 Å². The van der Waals surface area contributed by atoms with Gasteiger partial charge in [0.2, 0.25) is 13.6 Å². The quantitative estimate of drug-likeness (QED) is 0.300. The Balaban J connectivity index is 0.934. The van der Waals surface area contributed by atoms with Gasteiger partial charge in [0.25, 0.3) is 0 Å². The lowest BCUT2D eigenvalue weighted by molar-refractivity contribution is 0.173. The number of aryl methyl sites for hydroxylation is 2. The molecule has 2 aromatic rings. The van der Waals surface area contributed by atoms with Crippen molar-refractivity contribution in [2.75, 3.05) is 13.6 Å². The molecule has 0 spiro atoms. The highest BCUT2D eigenvalue weighted by molar-refractivity contribution is 5.45. The molecule has 0 aromatic heterocycles. The molecule has 0 saturated heterocycles. The Morgan fingerprint density at radius 1 is 0.419 bits per heavy atom. The van der Waals surface area contributed by atoms with Gasteiger partial charge in [-0.25, -0.2) is 0 Å². The smallest absolute Gasteiger partial charge is 0.231 e. The van der Waals surface area contributed by atoms with Crippen LogP contribution in [0.15, 0.2) is 36.4 Å². The minimum Gasteiger partial charge on any atom is -0.454 e. The number of hydrogen-bond acceptors (Lipinski definition) is 4. The Kier molecular flexibility index (Phi) is 8.37. The first-order chi connectivity index (χ1) is 15.4. The van der Waals surface area contributed by atoms with Crippen LogP contribution in [0.4, 0.5) is 0 Å².